The molecule has 0 fully saturated rings. The zero-order valence-corrected chi connectivity index (χ0v) is 10.7. The number of rotatable bonds is 1. The maximum atomic E-state index is 9.89. The molecule has 3 rings (SSSR count). The zero-order valence-electron chi connectivity index (χ0n) is 9.08. The summed E-state index contributed by atoms with van der Waals surface area (Å²) >= 11 is 3.37. The standard InChI is InChI=1S/C12H7BrN4O/c13-7-1-2-8-9(5-7)16-11(17-12(8)18)10-6-14-3-4-15-10/h1-6H,(H,16,17,18). The molecule has 0 saturated heterocycles. The number of nitrogens with zero attached hydrogens (tertiary/aromatic N) is 4. The second kappa shape index (κ2) is 4.30. The number of fused-ring (bicyclic) bond motifs is 1. The highest BCUT2D eigenvalue weighted by Crippen LogP contribution is 2.26. The van der Waals surface area contributed by atoms with E-state index in [1.807, 2.05) is 12.1 Å². The number of aromatic nitrogens is 4. The fraction of sp³-hybridized carbons (Fsp3) is 0. The van der Waals surface area contributed by atoms with Gasteiger partial charge >= 0.3 is 0 Å². The van der Waals surface area contributed by atoms with Crippen molar-refractivity contribution in [2.75, 3.05) is 0 Å². The third kappa shape index (κ3) is 1.91. The van der Waals surface area contributed by atoms with Gasteiger partial charge in [0.05, 0.1) is 17.1 Å². The molecule has 0 aliphatic carbocycles. The fourth-order valence-corrected chi connectivity index (χ4v) is 1.96. The monoisotopic (exact) mass is 302 g/mol. The van der Waals surface area contributed by atoms with Crippen LogP contribution < -0.4 is 0 Å². The van der Waals surface area contributed by atoms with Gasteiger partial charge < -0.3 is 5.11 Å². The second-order valence-corrected chi connectivity index (χ2v) is 4.54. The van der Waals surface area contributed by atoms with Gasteiger partial charge in [0.15, 0.2) is 5.82 Å². The summed E-state index contributed by atoms with van der Waals surface area (Å²) in [5.74, 6) is 0.291. The molecule has 88 valence electrons. The van der Waals surface area contributed by atoms with Gasteiger partial charge in [-0.1, -0.05) is 15.9 Å². The van der Waals surface area contributed by atoms with Crippen molar-refractivity contribution in [2.45, 2.75) is 0 Å². The maximum Gasteiger partial charge on any atom is 0.222 e. The van der Waals surface area contributed by atoms with E-state index in [2.05, 4.69) is 35.9 Å². The van der Waals surface area contributed by atoms with Crippen molar-refractivity contribution < 1.29 is 5.11 Å². The summed E-state index contributed by atoms with van der Waals surface area (Å²) in [6, 6.07) is 5.40. The first kappa shape index (κ1) is 11.0. The van der Waals surface area contributed by atoms with Crippen molar-refractivity contribution in [2.24, 2.45) is 0 Å². The second-order valence-electron chi connectivity index (χ2n) is 3.62. The lowest BCUT2D eigenvalue weighted by Gasteiger charge is -2.04. The molecule has 0 aliphatic rings. The van der Waals surface area contributed by atoms with Crippen molar-refractivity contribution in [3.05, 3.63) is 41.3 Å². The van der Waals surface area contributed by atoms with Crippen LogP contribution in [0, 0.1) is 0 Å². The molecule has 0 radical (unpaired) electrons. The highest BCUT2D eigenvalue weighted by Gasteiger charge is 2.09. The normalized spacial score (nSPS) is 10.7. The average molecular weight is 303 g/mol. The van der Waals surface area contributed by atoms with Crippen molar-refractivity contribution in [3.8, 4) is 17.4 Å². The Balaban J connectivity index is 2.27. The Hall–Kier alpha value is -2.08. The summed E-state index contributed by atoms with van der Waals surface area (Å²) in [5, 5.41) is 10.5. The highest BCUT2D eigenvalue weighted by atomic mass is 79.9. The van der Waals surface area contributed by atoms with Crippen molar-refractivity contribution in [3.63, 3.8) is 0 Å². The summed E-state index contributed by atoms with van der Waals surface area (Å²) in [6.45, 7) is 0. The predicted octanol–water partition coefficient (Wildman–Crippen LogP) is 2.55. The molecule has 0 atom stereocenters. The number of hydrogen-bond donors (Lipinski definition) is 1. The predicted molar refractivity (Wildman–Crippen MR) is 69.9 cm³/mol. The van der Waals surface area contributed by atoms with Crippen molar-refractivity contribution in [1.82, 2.24) is 19.9 Å². The van der Waals surface area contributed by atoms with Gasteiger partial charge in [0.25, 0.3) is 0 Å². The molecular weight excluding hydrogens is 296 g/mol. The van der Waals surface area contributed by atoms with Crippen LogP contribution in [0.15, 0.2) is 41.3 Å². The first-order valence-corrected chi connectivity index (χ1v) is 5.96. The van der Waals surface area contributed by atoms with Crippen LogP contribution in [0.1, 0.15) is 0 Å². The summed E-state index contributed by atoms with van der Waals surface area (Å²) in [5.41, 5.74) is 1.17. The van der Waals surface area contributed by atoms with Crippen molar-refractivity contribution in [1.29, 1.82) is 0 Å². The fourth-order valence-electron chi connectivity index (χ4n) is 1.62. The summed E-state index contributed by atoms with van der Waals surface area (Å²) in [7, 11) is 0. The van der Waals surface area contributed by atoms with Crippen LogP contribution in [0.25, 0.3) is 22.4 Å². The zero-order chi connectivity index (χ0) is 12.5. The topological polar surface area (TPSA) is 71.8 Å². The van der Waals surface area contributed by atoms with Crippen molar-refractivity contribution >= 4 is 26.8 Å². The van der Waals surface area contributed by atoms with Gasteiger partial charge in [-0.15, -0.1) is 0 Å². The number of halogens is 1. The third-order valence-corrected chi connectivity index (χ3v) is 2.92. The van der Waals surface area contributed by atoms with E-state index in [-0.39, 0.29) is 5.88 Å². The van der Waals surface area contributed by atoms with Gasteiger partial charge in [0.1, 0.15) is 5.69 Å². The smallest absolute Gasteiger partial charge is 0.222 e. The Morgan fingerprint density at radius 1 is 1.11 bits per heavy atom. The number of benzene rings is 1. The maximum absolute atomic E-state index is 9.89. The van der Waals surface area contributed by atoms with Gasteiger partial charge in [-0.3, -0.25) is 4.98 Å². The lowest BCUT2D eigenvalue weighted by molar-refractivity contribution is 0.460. The Kier molecular flexibility index (Phi) is 2.64. The van der Waals surface area contributed by atoms with E-state index >= 15 is 0 Å². The molecule has 1 N–H and O–H groups in total. The lowest BCUT2D eigenvalue weighted by Crippen LogP contribution is -1.93. The Morgan fingerprint density at radius 3 is 2.78 bits per heavy atom. The average Bonchev–Trinajstić information content (AvgIpc) is 2.39. The van der Waals surface area contributed by atoms with E-state index in [1.165, 1.54) is 0 Å². The molecule has 3 aromatic rings. The van der Waals surface area contributed by atoms with Gasteiger partial charge in [0.2, 0.25) is 5.88 Å². The van der Waals surface area contributed by atoms with Crippen LogP contribution >= 0.6 is 15.9 Å². The van der Waals surface area contributed by atoms with Crippen LogP contribution in [0.4, 0.5) is 0 Å². The first-order valence-electron chi connectivity index (χ1n) is 5.17. The van der Waals surface area contributed by atoms with E-state index in [0.717, 1.165) is 4.47 Å². The molecule has 0 spiro atoms. The van der Waals surface area contributed by atoms with Crippen LogP contribution in [0.2, 0.25) is 0 Å². The minimum Gasteiger partial charge on any atom is -0.493 e. The molecule has 0 unspecified atom stereocenters. The minimum absolute atomic E-state index is 0.0619. The highest BCUT2D eigenvalue weighted by molar-refractivity contribution is 9.10. The molecule has 6 heteroatoms. The van der Waals surface area contributed by atoms with E-state index in [1.54, 1.807) is 24.7 Å². The molecule has 0 saturated carbocycles. The van der Waals surface area contributed by atoms with E-state index in [4.69, 9.17) is 0 Å². The van der Waals surface area contributed by atoms with E-state index < -0.39 is 0 Å². The summed E-state index contributed by atoms with van der Waals surface area (Å²) in [6.07, 6.45) is 4.68. The summed E-state index contributed by atoms with van der Waals surface area (Å²) < 4.78 is 0.887. The number of aromatic hydroxyl groups is 1. The SMILES string of the molecule is Oc1nc(-c2cnccn2)nc2cc(Br)ccc12. The quantitative estimate of drug-likeness (QED) is 0.748. The van der Waals surface area contributed by atoms with E-state index in [9.17, 15) is 5.11 Å². The minimum atomic E-state index is -0.0619. The lowest BCUT2D eigenvalue weighted by atomic mass is 10.2. The van der Waals surface area contributed by atoms with Crippen LogP contribution in [-0.4, -0.2) is 25.0 Å². The van der Waals surface area contributed by atoms with Gasteiger partial charge in [-0.05, 0) is 18.2 Å². The van der Waals surface area contributed by atoms with Crippen LogP contribution in [0.5, 0.6) is 5.88 Å². The first-order chi connectivity index (χ1) is 8.74. The van der Waals surface area contributed by atoms with Gasteiger partial charge in [-0.25, -0.2) is 9.97 Å². The molecule has 2 heterocycles. The molecule has 1 aromatic carbocycles. The third-order valence-electron chi connectivity index (χ3n) is 2.43. The Morgan fingerprint density at radius 2 is 2.00 bits per heavy atom. The van der Waals surface area contributed by atoms with Crippen LogP contribution in [-0.2, 0) is 0 Å². The molecule has 0 bridgehead atoms. The molecule has 5 nitrogen and oxygen atoms in total. The molecule has 2 aromatic heterocycles. The van der Waals surface area contributed by atoms with Crippen LogP contribution in [0.3, 0.4) is 0 Å². The largest absolute Gasteiger partial charge is 0.493 e. The molecule has 0 aliphatic heterocycles. The van der Waals surface area contributed by atoms with Gasteiger partial charge in [-0.2, -0.15) is 4.98 Å². The summed E-state index contributed by atoms with van der Waals surface area (Å²) in [4.78, 5) is 16.5. The molecule has 18 heavy (non-hydrogen) atoms. The van der Waals surface area contributed by atoms with E-state index in [0.29, 0.717) is 22.4 Å². The Labute approximate surface area is 111 Å². The van der Waals surface area contributed by atoms with Gasteiger partial charge in [0, 0.05) is 16.9 Å². The Bertz CT molecular complexity index is 718. The molecule has 0 amide bonds. The molecular formula is C12H7BrN4O. The number of hydrogen-bond acceptors (Lipinski definition) is 5.